The number of benzene rings is 1. The lowest BCUT2D eigenvalue weighted by Crippen LogP contribution is -2.49. The standard InChI is InChI=1S/C32H37F6N7O3/c1-4-26-12-27(18-45(26)30(47)42-25-7-5-20(6-8-25)28(46)48-3)44(29-39-13-21(14-40-29)22-15-41-43(2)17-22)16-19-9-23(31(33,34)35)11-24(10-19)32(36,37)38/h9-11,13-15,17,20,25-27H,4-8,12,16,18H2,1-3H3,(H,42,47)/t20-,25-,26-,27+/m1/s1. The Labute approximate surface area is 273 Å². The van der Waals surface area contributed by atoms with Crippen LogP contribution >= 0.6 is 0 Å². The zero-order valence-corrected chi connectivity index (χ0v) is 26.7. The Hall–Kier alpha value is -4.37. The van der Waals surface area contributed by atoms with Gasteiger partial charge in [-0.3, -0.25) is 9.48 Å². The fourth-order valence-electron chi connectivity index (χ4n) is 6.51. The zero-order chi connectivity index (χ0) is 34.8. The highest BCUT2D eigenvalue weighted by molar-refractivity contribution is 5.76. The first-order chi connectivity index (χ1) is 22.7. The number of amides is 2. The van der Waals surface area contributed by atoms with E-state index in [1.54, 1.807) is 33.9 Å². The number of anilines is 1. The van der Waals surface area contributed by atoms with Crippen LogP contribution in [0, 0.1) is 5.92 Å². The van der Waals surface area contributed by atoms with E-state index in [1.807, 2.05) is 6.92 Å². The Morgan fingerprint density at radius 2 is 1.58 bits per heavy atom. The molecule has 2 aromatic heterocycles. The second kappa shape index (κ2) is 14.0. The van der Waals surface area contributed by atoms with Crippen LogP contribution in [0.3, 0.4) is 0 Å². The zero-order valence-electron chi connectivity index (χ0n) is 26.7. The maximum atomic E-state index is 13.7. The third kappa shape index (κ3) is 8.01. The normalized spacial score (nSPS) is 21.6. The molecule has 1 aliphatic heterocycles. The average Bonchev–Trinajstić information content (AvgIpc) is 3.69. The highest BCUT2D eigenvalue weighted by Gasteiger charge is 2.41. The monoisotopic (exact) mass is 681 g/mol. The lowest BCUT2D eigenvalue weighted by Gasteiger charge is -2.32. The molecule has 1 saturated carbocycles. The van der Waals surface area contributed by atoms with E-state index >= 15 is 0 Å². The molecule has 2 atom stereocenters. The first-order valence-corrected chi connectivity index (χ1v) is 15.7. The van der Waals surface area contributed by atoms with Crippen LogP contribution in [0.4, 0.5) is 37.1 Å². The summed E-state index contributed by atoms with van der Waals surface area (Å²) in [5.74, 6) is -0.390. The van der Waals surface area contributed by atoms with E-state index in [9.17, 15) is 35.9 Å². The number of methoxy groups -OCH3 is 1. The van der Waals surface area contributed by atoms with Gasteiger partial charge in [0.05, 0.1) is 36.4 Å². The van der Waals surface area contributed by atoms with Crippen LogP contribution in [0.5, 0.6) is 0 Å². The number of esters is 1. The summed E-state index contributed by atoms with van der Waals surface area (Å²) in [5, 5.41) is 7.18. The largest absolute Gasteiger partial charge is 0.469 e. The summed E-state index contributed by atoms with van der Waals surface area (Å²) >= 11 is 0. The van der Waals surface area contributed by atoms with Crippen LogP contribution in [0.25, 0.3) is 11.1 Å². The molecule has 260 valence electrons. The Kier molecular flexibility index (Phi) is 10.2. The van der Waals surface area contributed by atoms with Crippen LogP contribution < -0.4 is 10.2 Å². The van der Waals surface area contributed by atoms with Gasteiger partial charge in [-0.15, -0.1) is 0 Å². The van der Waals surface area contributed by atoms with Gasteiger partial charge in [-0.25, -0.2) is 14.8 Å². The minimum Gasteiger partial charge on any atom is -0.469 e. The topological polar surface area (TPSA) is 105 Å². The number of ether oxygens (including phenoxy) is 1. The summed E-state index contributed by atoms with van der Waals surface area (Å²) in [5.41, 5.74) is -1.72. The number of urea groups is 1. The summed E-state index contributed by atoms with van der Waals surface area (Å²) < 4.78 is 88.8. The van der Waals surface area contributed by atoms with E-state index < -0.39 is 29.5 Å². The number of rotatable bonds is 8. The van der Waals surface area contributed by atoms with E-state index in [-0.39, 0.29) is 60.7 Å². The molecule has 0 bridgehead atoms. The van der Waals surface area contributed by atoms with Crippen molar-refractivity contribution >= 4 is 17.9 Å². The van der Waals surface area contributed by atoms with E-state index in [4.69, 9.17) is 4.74 Å². The summed E-state index contributed by atoms with van der Waals surface area (Å²) in [6, 6.07) is 0.244. The molecule has 3 aromatic rings. The number of carbonyl (C=O) groups excluding carboxylic acids is 2. The quantitative estimate of drug-likeness (QED) is 0.223. The second-order valence-electron chi connectivity index (χ2n) is 12.3. The van der Waals surface area contributed by atoms with Crippen LogP contribution in [0.1, 0.15) is 62.1 Å². The molecule has 2 fully saturated rings. The molecule has 2 amide bonds. The molecule has 1 N–H and O–H groups in total. The maximum Gasteiger partial charge on any atom is 0.416 e. The highest BCUT2D eigenvalue weighted by Crippen LogP contribution is 2.38. The third-order valence-electron chi connectivity index (χ3n) is 9.09. The number of aryl methyl sites for hydroxylation is 1. The van der Waals surface area contributed by atoms with Crippen molar-refractivity contribution in [1.29, 1.82) is 0 Å². The van der Waals surface area contributed by atoms with E-state index in [0.717, 1.165) is 5.56 Å². The molecule has 0 radical (unpaired) electrons. The van der Waals surface area contributed by atoms with Gasteiger partial charge in [0.1, 0.15) is 0 Å². The van der Waals surface area contributed by atoms with Gasteiger partial charge in [-0.05, 0) is 62.3 Å². The Bertz CT molecular complexity index is 1550. The molecule has 48 heavy (non-hydrogen) atoms. The predicted octanol–water partition coefficient (Wildman–Crippen LogP) is 6.22. The number of nitrogens with zero attached hydrogens (tertiary/aromatic N) is 6. The van der Waals surface area contributed by atoms with Crippen LogP contribution in [0.15, 0.2) is 43.0 Å². The summed E-state index contributed by atoms with van der Waals surface area (Å²) in [4.78, 5) is 37.6. The molecular weight excluding hydrogens is 644 g/mol. The van der Waals surface area contributed by atoms with Crippen molar-refractivity contribution in [3.8, 4) is 11.1 Å². The number of likely N-dealkylation sites (tertiary alicyclic amines) is 1. The van der Waals surface area contributed by atoms with Crippen molar-refractivity contribution in [2.45, 2.75) is 82.5 Å². The molecular formula is C32H37F6N7O3. The SMILES string of the molecule is CC[C@@H]1C[C@H](N(Cc2cc(C(F)(F)F)cc(C(F)(F)F)c2)c2ncc(-c3cnn(C)c3)cn2)CN1C(=O)N[C@H]1CC[C@H](C(=O)OC)CC1. The van der Waals surface area contributed by atoms with Crippen molar-refractivity contribution in [3.05, 3.63) is 59.7 Å². The lowest BCUT2D eigenvalue weighted by atomic mass is 9.86. The molecule has 0 unspecified atom stereocenters. The number of halogens is 6. The van der Waals surface area contributed by atoms with Gasteiger partial charge >= 0.3 is 24.4 Å². The van der Waals surface area contributed by atoms with Crippen molar-refractivity contribution in [2.75, 3.05) is 18.6 Å². The third-order valence-corrected chi connectivity index (χ3v) is 9.09. The van der Waals surface area contributed by atoms with Crippen molar-refractivity contribution in [1.82, 2.24) is 30.0 Å². The van der Waals surface area contributed by atoms with Gasteiger partial charge in [-0.1, -0.05) is 6.92 Å². The summed E-state index contributed by atoms with van der Waals surface area (Å²) in [7, 11) is 3.08. The van der Waals surface area contributed by atoms with Crippen molar-refractivity contribution < 1.29 is 40.7 Å². The first-order valence-electron chi connectivity index (χ1n) is 15.7. The first kappa shape index (κ1) is 35.0. The molecule has 10 nitrogen and oxygen atoms in total. The fraction of sp³-hybridized carbons (Fsp3) is 0.531. The van der Waals surface area contributed by atoms with E-state index in [2.05, 4.69) is 20.4 Å². The average molecular weight is 682 g/mol. The van der Waals surface area contributed by atoms with Crippen LogP contribution in [-0.4, -0.2) is 68.4 Å². The van der Waals surface area contributed by atoms with Gasteiger partial charge in [0.15, 0.2) is 0 Å². The molecule has 0 spiro atoms. The van der Waals surface area contributed by atoms with Crippen LogP contribution in [0.2, 0.25) is 0 Å². The highest BCUT2D eigenvalue weighted by atomic mass is 19.4. The summed E-state index contributed by atoms with van der Waals surface area (Å²) in [6.45, 7) is 1.68. The summed E-state index contributed by atoms with van der Waals surface area (Å²) in [6.07, 6.45) is -0.322. The van der Waals surface area contributed by atoms with Gasteiger partial charge in [-0.2, -0.15) is 31.4 Å². The lowest BCUT2D eigenvalue weighted by molar-refractivity contribution is -0.147. The van der Waals surface area contributed by atoms with Gasteiger partial charge in [0.2, 0.25) is 5.95 Å². The Morgan fingerprint density at radius 1 is 0.958 bits per heavy atom. The smallest absolute Gasteiger partial charge is 0.416 e. The second-order valence-corrected chi connectivity index (χ2v) is 12.3. The number of carbonyl (C=O) groups is 2. The maximum absolute atomic E-state index is 13.7. The molecule has 1 aromatic carbocycles. The van der Waals surface area contributed by atoms with E-state index in [0.29, 0.717) is 56.2 Å². The predicted molar refractivity (Wildman–Crippen MR) is 162 cm³/mol. The van der Waals surface area contributed by atoms with E-state index in [1.165, 1.54) is 19.5 Å². The minimum atomic E-state index is -5.01. The van der Waals surface area contributed by atoms with Crippen LogP contribution in [-0.2, 0) is 35.5 Å². The van der Waals surface area contributed by atoms with Gasteiger partial charge in [0, 0.05) is 61.9 Å². The molecule has 16 heteroatoms. The molecule has 3 heterocycles. The minimum absolute atomic E-state index is 0.0943. The number of hydrogen-bond donors (Lipinski definition) is 1. The molecule has 1 saturated heterocycles. The van der Waals surface area contributed by atoms with Gasteiger partial charge in [0.25, 0.3) is 0 Å². The number of alkyl halides is 6. The number of hydrogen-bond acceptors (Lipinski definition) is 7. The molecule has 1 aliphatic carbocycles. The van der Waals surface area contributed by atoms with Gasteiger partial charge < -0.3 is 19.9 Å². The Morgan fingerprint density at radius 3 is 2.10 bits per heavy atom. The van der Waals surface area contributed by atoms with Crippen molar-refractivity contribution in [3.63, 3.8) is 0 Å². The number of nitrogens with one attached hydrogen (secondary N) is 1. The Balaban J connectivity index is 1.42. The molecule has 2 aliphatic rings. The fourth-order valence-corrected chi connectivity index (χ4v) is 6.51. The molecule has 5 rings (SSSR count). The number of aromatic nitrogens is 4. The van der Waals surface area contributed by atoms with Crippen molar-refractivity contribution in [2.24, 2.45) is 13.0 Å².